The monoisotopic (exact) mass is 466 g/mol. The van der Waals surface area contributed by atoms with Crippen LogP contribution in [0.25, 0.3) is 0 Å². The number of hydrogen-bond donors (Lipinski definition) is 1. The third-order valence-electron chi connectivity index (χ3n) is 5.58. The van der Waals surface area contributed by atoms with E-state index in [1.807, 2.05) is 26.0 Å². The lowest BCUT2D eigenvalue weighted by Crippen LogP contribution is -2.47. The summed E-state index contributed by atoms with van der Waals surface area (Å²) in [5.74, 6) is -1.74. The smallest absolute Gasteiger partial charge is 0.329 e. The van der Waals surface area contributed by atoms with Gasteiger partial charge in [-0.1, -0.05) is 44.9 Å². The van der Waals surface area contributed by atoms with Crippen molar-refractivity contribution in [2.75, 3.05) is 24.7 Å². The lowest BCUT2D eigenvalue weighted by Gasteiger charge is -2.28. The minimum atomic E-state index is -3.15. The molecule has 1 aromatic rings. The van der Waals surface area contributed by atoms with E-state index in [2.05, 4.69) is 5.32 Å². The zero-order chi connectivity index (χ0) is 23.9. The summed E-state index contributed by atoms with van der Waals surface area (Å²) in [5, 5.41) is 2.69. The summed E-state index contributed by atoms with van der Waals surface area (Å²) < 4.78 is 29.0. The van der Waals surface area contributed by atoms with E-state index in [-0.39, 0.29) is 23.5 Å². The number of ether oxygens (including phenoxy) is 1. The fourth-order valence-electron chi connectivity index (χ4n) is 3.59. The van der Waals surface area contributed by atoms with Gasteiger partial charge in [-0.25, -0.2) is 13.2 Å². The molecule has 9 heteroatoms. The summed E-state index contributed by atoms with van der Waals surface area (Å²) in [7, 11) is -3.15. The van der Waals surface area contributed by atoms with E-state index in [9.17, 15) is 22.8 Å². The molecule has 2 unspecified atom stereocenters. The van der Waals surface area contributed by atoms with Crippen LogP contribution in [-0.4, -0.2) is 67.8 Å². The maximum absolute atomic E-state index is 12.8. The molecule has 1 fully saturated rings. The first-order valence-electron chi connectivity index (χ1n) is 11.1. The average molecular weight is 467 g/mol. The Morgan fingerprint density at radius 3 is 2.38 bits per heavy atom. The second-order valence-electron chi connectivity index (χ2n) is 8.67. The fourth-order valence-corrected chi connectivity index (χ4v) is 5.32. The minimum Gasteiger partial charge on any atom is -0.454 e. The SMILES string of the molecule is CCCCN(C(=O)COC(=O)C(NC(=O)c1ccc(C)cc1)C(C)C)C1CCS(=O)(=O)C1. The summed E-state index contributed by atoms with van der Waals surface area (Å²) in [6, 6.07) is 5.68. The van der Waals surface area contributed by atoms with Crippen molar-refractivity contribution in [2.24, 2.45) is 5.92 Å². The number of hydrogen-bond acceptors (Lipinski definition) is 6. The highest BCUT2D eigenvalue weighted by atomic mass is 32.2. The molecule has 1 heterocycles. The number of nitrogens with zero attached hydrogens (tertiary/aromatic N) is 1. The number of carbonyl (C=O) groups excluding carboxylic acids is 3. The van der Waals surface area contributed by atoms with Crippen molar-refractivity contribution in [2.45, 2.75) is 59.0 Å². The Balaban J connectivity index is 2.00. The van der Waals surface area contributed by atoms with E-state index < -0.39 is 40.3 Å². The van der Waals surface area contributed by atoms with E-state index in [4.69, 9.17) is 4.74 Å². The highest BCUT2D eigenvalue weighted by molar-refractivity contribution is 7.91. The van der Waals surface area contributed by atoms with Gasteiger partial charge >= 0.3 is 5.97 Å². The van der Waals surface area contributed by atoms with Gasteiger partial charge in [0.25, 0.3) is 11.8 Å². The molecule has 0 bridgehead atoms. The molecule has 2 amide bonds. The molecule has 0 spiro atoms. The van der Waals surface area contributed by atoms with Gasteiger partial charge in [0.15, 0.2) is 16.4 Å². The van der Waals surface area contributed by atoms with Crippen LogP contribution < -0.4 is 5.32 Å². The molecule has 1 N–H and O–H groups in total. The van der Waals surface area contributed by atoms with Crippen LogP contribution in [-0.2, 0) is 24.2 Å². The minimum absolute atomic E-state index is 0.0579. The zero-order valence-electron chi connectivity index (χ0n) is 19.3. The standard InChI is InChI=1S/C23H34N2O6S/c1-5-6-12-25(19-11-13-32(29,30)15-19)20(26)14-31-23(28)21(16(2)3)24-22(27)18-9-7-17(4)8-10-18/h7-10,16,19,21H,5-6,11-15H2,1-4H3,(H,24,27). The van der Waals surface area contributed by atoms with Crippen molar-refractivity contribution < 1.29 is 27.5 Å². The van der Waals surface area contributed by atoms with Crippen molar-refractivity contribution >= 4 is 27.6 Å². The third kappa shape index (κ3) is 7.32. The molecular formula is C23H34N2O6S. The molecule has 178 valence electrons. The first-order chi connectivity index (χ1) is 15.0. The van der Waals surface area contributed by atoms with Crippen molar-refractivity contribution in [1.82, 2.24) is 10.2 Å². The van der Waals surface area contributed by atoms with Crippen LogP contribution >= 0.6 is 0 Å². The first-order valence-corrected chi connectivity index (χ1v) is 12.9. The fraction of sp³-hybridized carbons (Fsp3) is 0.609. The maximum Gasteiger partial charge on any atom is 0.329 e. The number of unbranched alkanes of at least 4 members (excludes halogenated alkanes) is 1. The quantitative estimate of drug-likeness (QED) is 0.529. The van der Waals surface area contributed by atoms with Crippen molar-refractivity contribution in [3.05, 3.63) is 35.4 Å². The van der Waals surface area contributed by atoms with Crippen LogP contribution in [0.15, 0.2) is 24.3 Å². The normalized spacial score (nSPS) is 18.2. The number of sulfone groups is 1. The second-order valence-corrected chi connectivity index (χ2v) is 10.9. The largest absolute Gasteiger partial charge is 0.454 e. The van der Waals surface area contributed by atoms with Crippen LogP contribution in [0.1, 0.15) is 56.0 Å². The van der Waals surface area contributed by atoms with Gasteiger partial charge in [-0.15, -0.1) is 0 Å². The van der Waals surface area contributed by atoms with E-state index in [0.29, 0.717) is 18.5 Å². The number of esters is 1. The second kappa shape index (κ2) is 11.4. The van der Waals surface area contributed by atoms with Gasteiger partial charge in [0, 0.05) is 18.2 Å². The molecule has 0 aromatic heterocycles. The highest BCUT2D eigenvalue weighted by Crippen LogP contribution is 2.19. The molecule has 1 aromatic carbocycles. The van der Waals surface area contributed by atoms with E-state index in [0.717, 1.165) is 18.4 Å². The highest BCUT2D eigenvalue weighted by Gasteiger charge is 2.35. The van der Waals surface area contributed by atoms with E-state index in [1.54, 1.807) is 26.0 Å². The molecule has 32 heavy (non-hydrogen) atoms. The average Bonchev–Trinajstić information content (AvgIpc) is 3.09. The van der Waals surface area contributed by atoms with Gasteiger partial charge in [0.2, 0.25) is 0 Å². The van der Waals surface area contributed by atoms with Crippen molar-refractivity contribution in [1.29, 1.82) is 0 Å². The number of aryl methyl sites for hydroxylation is 1. The molecule has 0 saturated carbocycles. The van der Waals surface area contributed by atoms with E-state index in [1.165, 1.54) is 4.90 Å². The van der Waals surface area contributed by atoms with Gasteiger partial charge in [-0.2, -0.15) is 0 Å². The Kier molecular flexibility index (Phi) is 9.24. The number of nitrogens with one attached hydrogen (secondary N) is 1. The molecule has 0 radical (unpaired) electrons. The van der Waals surface area contributed by atoms with Crippen molar-refractivity contribution in [3.8, 4) is 0 Å². The van der Waals surface area contributed by atoms with Gasteiger partial charge in [-0.05, 0) is 37.8 Å². The molecular weight excluding hydrogens is 432 g/mol. The summed E-state index contributed by atoms with van der Waals surface area (Å²) in [5.41, 5.74) is 1.45. The molecule has 2 atom stereocenters. The van der Waals surface area contributed by atoms with Crippen LogP contribution in [0.3, 0.4) is 0 Å². The summed E-state index contributed by atoms with van der Waals surface area (Å²) in [6.45, 7) is 7.39. The molecule has 2 rings (SSSR count). The Morgan fingerprint density at radius 1 is 1.19 bits per heavy atom. The Hall–Kier alpha value is -2.42. The zero-order valence-corrected chi connectivity index (χ0v) is 20.1. The number of carbonyl (C=O) groups is 3. The van der Waals surface area contributed by atoms with Gasteiger partial charge in [-0.3, -0.25) is 9.59 Å². The Bertz CT molecular complexity index is 911. The predicted octanol–water partition coefficient (Wildman–Crippen LogP) is 2.11. The van der Waals surface area contributed by atoms with Crippen LogP contribution in [0.4, 0.5) is 0 Å². The van der Waals surface area contributed by atoms with Crippen LogP contribution in [0.5, 0.6) is 0 Å². The Morgan fingerprint density at radius 2 is 1.84 bits per heavy atom. The van der Waals surface area contributed by atoms with Crippen molar-refractivity contribution in [3.63, 3.8) is 0 Å². The van der Waals surface area contributed by atoms with Gasteiger partial charge < -0.3 is 15.0 Å². The first kappa shape index (κ1) is 25.8. The number of benzene rings is 1. The number of amides is 2. The molecule has 0 aliphatic carbocycles. The summed E-state index contributed by atoms with van der Waals surface area (Å²) in [6.07, 6.45) is 1.98. The summed E-state index contributed by atoms with van der Waals surface area (Å²) >= 11 is 0. The van der Waals surface area contributed by atoms with Crippen LogP contribution in [0, 0.1) is 12.8 Å². The van der Waals surface area contributed by atoms with Gasteiger partial charge in [0.1, 0.15) is 6.04 Å². The summed E-state index contributed by atoms with van der Waals surface area (Å²) in [4.78, 5) is 39.5. The lowest BCUT2D eigenvalue weighted by atomic mass is 10.0. The lowest BCUT2D eigenvalue weighted by molar-refractivity contribution is -0.155. The third-order valence-corrected chi connectivity index (χ3v) is 7.33. The molecule has 1 saturated heterocycles. The van der Waals surface area contributed by atoms with E-state index >= 15 is 0 Å². The van der Waals surface area contributed by atoms with Gasteiger partial charge in [0.05, 0.1) is 11.5 Å². The van der Waals surface area contributed by atoms with Crippen LogP contribution in [0.2, 0.25) is 0 Å². The Labute approximate surface area is 190 Å². The predicted molar refractivity (Wildman–Crippen MR) is 122 cm³/mol. The molecule has 1 aliphatic rings. The number of rotatable bonds is 10. The topological polar surface area (TPSA) is 110 Å². The maximum atomic E-state index is 12.8. The molecule has 8 nitrogen and oxygen atoms in total. The molecule has 1 aliphatic heterocycles.